The van der Waals surface area contributed by atoms with E-state index >= 15 is 0 Å². The SMILES string of the molecule is CC(C)(C)c1cccc(OCC(=O)NC(Cc2ccccc2)C(=O)N2CCCC2)c1. The number of rotatable bonds is 7. The fourth-order valence-corrected chi connectivity index (χ4v) is 3.65. The molecular formula is C25H32N2O3. The van der Waals surface area contributed by atoms with Gasteiger partial charge in [-0.3, -0.25) is 9.59 Å². The monoisotopic (exact) mass is 408 g/mol. The van der Waals surface area contributed by atoms with Crippen molar-refractivity contribution in [2.24, 2.45) is 0 Å². The molecule has 30 heavy (non-hydrogen) atoms. The summed E-state index contributed by atoms with van der Waals surface area (Å²) in [6, 6.07) is 17.0. The van der Waals surface area contributed by atoms with E-state index in [1.807, 2.05) is 53.4 Å². The first-order chi connectivity index (χ1) is 14.3. The van der Waals surface area contributed by atoms with Crippen molar-refractivity contribution in [3.8, 4) is 5.75 Å². The third kappa shape index (κ3) is 6.09. The Balaban J connectivity index is 1.63. The highest BCUT2D eigenvalue weighted by Crippen LogP contribution is 2.25. The van der Waals surface area contributed by atoms with Gasteiger partial charge in [-0.15, -0.1) is 0 Å². The standard InChI is InChI=1S/C25H32N2O3/c1-25(2,3)20-12-9-13-21(17-20)30-18-23(28)26-22(16-19-10-5-4-6-11-19)24(29)27-14-7-8-15-27/h4-6,9-13,17,22H,7-8,14-16,18H2,1-3H3,(H,26,28). The van der Waals surface area contributed by atoms with E-state index in [1.165, 1.54) is 0 Å². The molecule has 5 nitrogen and oxygen atoms in total. The Labute approximate surface area is 179 Å². The van der Waals surface area contributed by atoms with Crippen molar-refractivity contribution in [1.29, 1.82) is 0 Å². The number of hydrogen-bond donors (Lipinski definition) is 1. The summed E-state index contributed by atoms with van der Waals surface area (Å²) in [6.07, 6.45) is 2.51. The molecule has 0 bridgehead atoms. The molecule has 1 aliphatic rings. The molecule has 0 aromatic heterocycles. The summed E-state index contributed by atoms with van der Waals surface area (Å²) in [5.41, 5.74) is 2.17. The molecule has 3 rings (SSSR count). The number of hydrogen-bond acceptors (Lipinski definition) is 3. The van der Waals surface area contributed by atoms with Gasteiger partial charge in [-0.05, 0) is 41.5 Å². The van der Waals surface area contributed by atoms with Gasteiger partial charge in [0, 0.05) is 19.5 Å². The highest BCUT2D eigenvalue weighted by molar-refractivity contribution is 5.88. The maximum Gasteiger partial charge on any atom is 0.258 e. The smallest absolute Gasteiger partial charge is 0.258 e. The van der Waals surface area contributed by atoms with E-state index in [0.29, 0.717) is 12.2 Å². The van der Waals surface area contributed by atoms with Crippen LogP contribution < -0.4 is 10.1 Å². The van der Waals surface area contributed by atoms with Crippen LogP contribution in [0, 0.1) is 0 Å². The Morgan fingerprint density at radius 1 is 1.03 bits per heavy atom. The second kappa shape index (κ2) is 9.79. The van der Waals surface area contributed by atoms with Gasteiger partial charge in [-0.2, -0.15) is 0 Å². The Hall–Kier alpha value is -2.82. The lowest BCUT2D eigenvalue weighted by molar-refractivity contribution is -0.136. The zero-order valence-corrected chi connectivity index (χ0v) is 18.2. The Bertz CT molecular complexity index is 852. The molecule has 0 aliphatic carbocycles. The quantitative estimate of drug-likeness (QED) is 0.760. The summed E-state index contributed by atoms with van der Waals surface area (Å²) in [4.78, 5) is 27.4. The molecule has 2 amide bonds. The van der Waals surface area contributed by atoms with Gasteiger partial charge < -0.3 is 15.0 Å². The van der Waals surface area contributed by atoms with E-state index in [2.05, 4.69) is 32.2 Å². The molecule has 0 saturated carbocycles. The molecular weight excluding hydrogens is 376 g/mol. The van der Waals surface area contributed by atoms with Crippen LogP contribution in [0.1, 0.15) is 44.7 Å². The largest absolute Gasteiger partial charge is 0.484 e. The Morgan fingerprint density at radius 3 is 2.40 bits per heavy atom. The van der Waals surface area contributed by atoms with Crippen molar-refractivity contribution in [2.45, 2.75) is 51.5 Å². The Kier molecular flexibility index (Phi) is 7.14. The molecule has 1 aliphatic heterocycles. The minimum Gasteiger partial charge on any atom is -0.484 e. The van der Waals surface area contributed by atoms with Crippen LogP contribution in [0.2, 0.25) is 0 Å². The van der Waals surface area contributed by atoms with Gasteiger partial charge in [-0.1, -0.05) is 63.2 Å². The highest BCUT2D eigenvalue weighted by atomic mass is 16.5. The summed E-state index contributed by atoms with van der Waals surface area (Å²) in [7, 11) is 0. The Morgan fingerprint density at radius 2 is 1.73 bits per heavy atom. The lowest BCUT2D eigenvalue weighted by Crippen LogP contribution is -2.50. The number of nitrogens with one attached hydrogen (secondary N) is 1. The van der Waals surface area contributed by atoms with Gasteiger partial charge in [0.05, 0.1) is 0 Å². The number of likely N-dealkylation sites (tertiary alicyclic amines) is 1. The maximum absolute atomic E-state index is 13.0. The van der Waals surface area contributed by atoms with E-state index in [0.717, 1.165) is 37.1 Å². The molecule has 2 aromatic rings. The summed E-state index contributed by atoms with van der Waals surface area (Å²) in [5, 5.41) is 2.90. The minimum atomic E-state index is -0.581. The van der Waals surface area contributed by atoms with Gasteiger partial charge in [-0.25, -0.2) is 0 Å². The van der Waals surface area contributed by atoms with Crippen LogP contribution in [0.4, 0.5) is 0 Å². The number of carbonyl (C=O) groups excluding carboxylic acids is 2. The predicted molar refractivity (Wildman–Crippen MR) is 119 cm³/mol. The van der Waals surface area contributed by atoms with E-state index in [4.69, 9.17) is 4.74 Å². The molecule has 2 aromatic carbocycles. The van der Waals surface area contributed by atoms with Crippen LogP contribution in [0.25, 0.3) is 0 Å². The summed E-state index contributed by atoms with van der Waals surface area (Å²) in [6.45, 7) is 7.81. The normalized spacial score (nSPS) is 15.0. The molecule has 160 valence electrons. The van der Waals surface area contributed by atoms with E-state index < -0.39 is 6.04 Å². The number of benzene rings is 2. The fraction of sp³-hybridized carbons (Fsp3) is 0.440. The zero-order valence-electron chi connectivity index (χ0n) is 18.2. The van der Waals surface area contributed by atoms with Crippen molar-refractivity contribution < 1.29 is 14.3 Å². The lowest BCUT2D eigenvalue weighted by Gasteiger charge is -2.24. The van der Waals surface area contributed by atoms with Crippen LogP contribution in [-0.2, 0) is 21.4 Å². The second-order valence-corrected chi connectivity index (χ2v) is 8.91. The molecule has 1 heterocycles. The molecule has 1 fully saturated rings. The molecule has 0 radical (unpaired) electrons. The second-order valence-electron chi connectivity index (χ2n) is 8.91. The average Bonchev–Trinajstić information content (AvgIpc) is 3.26. The van der Waals surface area contributed by atoms with Crippen molar-refractivity contribution in [1.82, 2.24) is 10.2 Å². The first-order valence-corrected chi connectivity index (χ1v) is 10.7. The van der Waals surface area contributed by atoms with Crippen molar-refractivity contribution in [3.63, 3.8) is 0 Å². The van der Waals surface area contributed by atoms with Crippen LogP contribution in [0.5, 0.6) is 5.75 Å². The van der Waals surface area contributed by atoms with Crippen molar-refractivity contribution >= 4 is 11.8 Å². The molecule has 5 heteroatoms. The number of carbonyl (C=O) groups is 2. The summed E-state index contributed by atoms with van der Waals surface area (Å²) in [5.74, 6) is 0.354. The first-order valence-electron chi connectivity index (χ1n) is 10.7. The van der Waals surface area contributed by atoms with Crippen molar-refractivity contribution in [3.05, 3.63) is 65.7 Å². The average molecular weight is 409 g/mol. The predicted octanol–water partition coefficient (Wildman–Crippen LogP) is 3.71. The van der Waals surface area contributed by atoms with E-state index in [-0.39, 0.29) is 23.8 Å². The third-order valence-electron chi connectivity index (χ3n) is 5.40. The highest BCUT2D eigenvalue weighted by Gasteiger charge is 2.28. The van der Waals surface area contributed by atoms with Gasteiger partial charge in [0.15, 0.2) is 6.61 Å². The van der Waals surface area contributed by atoms with Gasteiger partial charge in [0.2, 0.25) is 5.91 Å². The van der Waals surface area contributed by atoms with Crippen LogP contribution >= 0.6 is 0 Å². The number of ether oxygens (including phenoxy) is 1. The number of nitrogens with zero attached hydrogens (tertiary/aromatic N) is 1. The molecule has 1 atom stereocenters. The molecule has 1 unspecified atom stereocenters. The fourth-order valence-electron chi connectivity index (χ4n) is 3.65. The zero-order chi connectivity index (χ0) is 21.6. The van der Waals surface area contributed by atoms with Crippen LogP contribution in [0.3, 0.4) is 0 Å². The summed E-state index contributed by atoms with van der Waals surface area (Å²) < 4.78 is 5.72. The molecule has 0 spiro atoms. The van der Waals surface area contributed by atoms with Gasteiger partial charge in [0.1, 0.15) is 11.8 Å². The molecule has 1 saturated heterocycles. The van der Waals surface area contributed by atoms with Gasteiger partial charge >= 0.3 is 0 Å². The van der Waals surface area contributed by atoms with Crippen LogP contribution in [-0.4, -0.2) is 42.5 Å². The van der Waals surface area contributed by atoms with Gasteiger partial charge in [0.25, 0.3) is 5.91 Å². The summed E-state index contributed by atoms with van der Waals surface area (Å²) >= 11 is 0. The third-order valence-corrected chi connectivity index (χ3v) is 5.40. The number of amides is 2. The maximum atomic E-state index is 13.0. The van der Waals surface area contributed by atoms with Crippen molar-refractivity contribution in [2.75, 3.05) is 19.7 Å². The first kappa shape index (κ1) is 21.9. The molecule has 1 N–H and O–H groups in total. The lowest BCUT2D eigenvalue weighted by atomic mass is 9.87. The minimum absolute atomic E-state index is 0.00452. The van der Waals surface area contributed by atoms with E-state index in [9.17, 15) is 9.59 Å². The topological polar surface area (TPSA) is 58.6 Å². The van der Waals surface area contributed by atoms with Crippen LogP contribution in [0.15, 0.2) is 54.6 Å². The van der Waals surface area contributed by atoms with E-state index in [1.54, 1.807) is 0 Å².